The van der Waals surface area contributed by atoms with Crippen LogP contribution in [0.2, 0.25) is 0 Å². The SMILES string of the molecule is Cc1ccc(F)cc1CNc1ccccc1N1CCCC1. The summed E-state index contributed by atoms with van der Waals surface area (Å²) in [5.41, 5.74) is 4.50. The fourth-order valence-electron chi connectivity index (χ4n) is 2.88. The first kappa shape index (κ1) is 13.9. The first-order chi connectivity index (χ1) is 10.2. The van der Waals surface area contributed by atoms with Crippen LogP contribution in [0.4, 0.5) is 15.8 Å². The van der Waals surface area contributed by atoms with Crippen LogP contribution in [-0.4, -0.2) is 13.1 Å². The molecule has 2 aromatic carbocycles. The van der Waals surface area contributed by atoms with Gasteiger partial charge in [0.15, 0.2) is 0 Å². The molecule has 1 fully saturated rings. The van der Waals surface area contributed by atoms with E-state index in [9.17, 15) is 4.39 Å². The van der Waals surface area contributed by atoms with Crippen LogP contribution < -0.4 is 10.2 Å². The molecule has 1 N–H and O–H groups in total. The van der Waals surface area contributed by atoms with E-state index in [-0.39, 0.29) is 5.82 Å². The monoisotopic (exact) mass is 284 g/mol. The smallest absolute Gasteiger partial charge is 0.123 e. The molecular formula is C18H21FN2. The molecule has 0 bridgehead atoms. The third-order valence-electron chi connectivity index (χ3n) is 4.13. The molecule has 1 aliphatic heterocycles. The number of benzene rings is 2. The predicted octanol–water partition coefficient (Wildman–Crippen LogP) is 4.35. The zero-order chi connectivity index (χ0) is 14.7. The summed E-state index contributed by atoms with van der Waals surface area (Å²) in [4.78, 5) is 2.42. The molecule has 0 saturated carbocycles. The summed E-state index contributed by atoms with van der Waals surface area (Å²) in [6.45, 7) is 4.91. The van der Waals surface area contributed by atoms with Crippen LogP contribution in [-0.2, 0) is 6.54 Å². The van der Waals surface area contributed by atoms with Gasteiger partial charge in [0.25, 0.3) is 0 Å². The Morgan fingerprint density at radius 2 is 1.86 bits per heavy atom. The minimum Gasteiger partial charge on any atom is -0.379 e. The van der Waals surface area contributed by atoms with E-state index in [2.05, 4.69) is 28.4 Å². The lowest BCUT2D eigenvalue weighted by Gasteiger charge is -2.22. The summed E-state index contributed by atoms with van der Waals surface area (Å²) >= 11 is 0. The average Bonchev–Trinajstić information content (AvgIpc) is 3.03. The lowest BCUT2D eigenvalue weighted by molar-refractivity contribution is 0.625. The Hall–Kier alpha value is -2.03. The van der Waals surface area contributed by atoms with Gasteiger partial charge in [-0.2, -0.15) is 0 Å². The number of para-hydroxylation sites is 2. The van der Waals surface area contributed by atoms with E-state index in [4.69, 9.17) is 0 Å². The standard InChI is InChI=1S/C18H21FN2/c1-14-8-9-16(19)12-15(14)13-20-17-6-2-3-7-18(17)21-10-4-5-11-21/h2-3,6-9,12,20H,4-5,10-11,13H2,1H3. The van der Waals surface area contributed by atoms with Gasteiger partial charge in [-0.25, -0.2) is 4.39 Å². The number of halogens is 1. The molecule has 1 aliphatic rings. The number of nitrogens with one attached hydrogen (secondary N) is 1. The Labute approximate surface area is 125 Å². The topological polar surface area (TPSA) is 15.3 Å². The molecular weight excluding hydrogens is 263 g/mol. The lowest BCUT2D eigenvalue weighted by Crippen LogP contribution is -2.19. The van der Waals surface area contributed by atoms with E-state index >= 15 is 0 Å². The van der Waals surface area contributed by atoms with Crippen molar-refractivity contribution in [1.29, 1.82) is 0 Å². The van der Waals surface area contributed by atoms with Gasteiger partial charge in [-0.15, -0.1) is 0 Å². The van der Waals surface area contributed by atoms with Crippen LogP contribution in [0.3, 0.4) is 0 Å². The normalized spacial score (nSPS) is 14.5. The summed E-state index contributed by atoms with van der Waals surface area (Å²) in [6.07, 6.45) is 2.52. The number of nitrogens with zero attached hydrogens (tertiary/aromatic N) is 1. The van der Waals surface area contributed by atoms with Gasteiger partial charge >= 0.3 is 0 Å². The fourth-order valence-corrected chi connectivity index (χ4v) is 2.88. The number of aryl methyl sites for hydroxylation is 1. The van der Waals surface area contributed by atoms with Crippen molar-refractivity contribution < 1.29 is 4.39 Å². The van der Waals surface area contributed by atoms with Gasteiger partial charge in [-0.05, 0) is 55.2 Å². The Kier molecular flexibility index (Phi) is 4.09. The van der Waals surface area contributed by atoms with Crippen molar-refractivity contribution >= 4 is 11.4 Å². The molecule has 0 unspecified atom stereocenters. The molecule has 0 atom stereocenters. The van der Waals surface area contributed by atoms with Gasteiger partial charge in [-0.3, -0.25) is 0 Å². The van der Waals surface area contributed by atoms with Gasteiger partial charge in [0, 0.05) is 19.6 Å². The van der Waals surface area contributed by atoms with Crippen molar-refractivity contribution in [2.75, 3.05) is 23.3 Å². The van der Waals surface area contributed by atoms with Crippen molar-refractivity contribution in [2.45, 2.75) is 26.3 Å². The van der Waals surface area contributed by atoms with E-state index < -0.39 is 0 Å². The van der Waals surface area contributed by atoms with E-state index in [1.807, 2.05) is 19.1 Å². The Morgan fingerprint density at radius 3 is 2.67 bits per heavy atom. The van der Waals surface area contributed by atoms with Gasteiger partial charge in [-0.1, -0.05) is 18.2 Å². The molecule has 0 radical (unpaired) electrons. The van der Waals surface area contributed by atoms with Crippen LogP contribution in [0.1, 0.15) is 24.0 Å². The van der Waals surface area contributed by atoms with Crippen LogP contribution in [0.15, 0.2) is 42.5 Å². The average molecular weight is 284 g/mol. The van der Waals surface area contributed by atoms with E-state index in [0.717, 1.165) is 29.9 Å². The highest BCUT2D eigenvalue weighted by atomic mass is 19.1. The molecule has 3 rings (SSSR count). The molecule has 0 spiro atoms. The molecule has 0 aliphatic carbocycles. The maximum atomic E-state index is 13.4. The van der Waals surface area contributed by atoms with Crippen molar-refractivity contribution in [3.63, 3.8) is 0 Å². The molecule has 2 aromatic rings. The maximum absolute atomic E-state index is 13.4. The molecule has 1 saturated heterocycles. The van der Waals surface area contributed by atoms with Crippen molar-refractivity contribution in [3.8, 4) is 0 Å². The third kappa shape index (κ3) is 3.18. The summed E-state index contributed by atoms with van der Waals surface area (Å²) in [5.74, 6) is -0.176. The molecule has 3 heteroatoms. The van der Waals surface area contributed by atoms with E-state index in [1.165, 1.54) is 24.6 Å². The fraction of sp³-hybridized carbons (Fsp3) is 0.333. The van der Waals surface area contributed by atoms with Crippen LogP contribution in [0.5, 0.6) is 0 Å². The zero-order valence-electron chi connectivity index (χ0n) is 12.4. The first-order valence-electron chi connectivity index (χ1n) is 7.57. The number of hydrogen-bond acceptors (Lipinski definition) is 2. The van der Waals surface area contributed by atoms with E-state index in [1.54, 1.807) is 6.07 Å². The van der Waals surface area contributed by atoms with Crippen molar-refractivity contribution in [1.82, 2.24) is 0 Å². The van der Waals surface area contributed by atoms with Gasteiger partial charge in [0.05, 0.1) is 11.4 Å². The van der Waals surface area contributed by atoms with Crippen LogP contribution in [0.25, 0.3) is 0 Å². The van der Waals surface area contributed by atoms with Crippen LogP contribution >= 0.6 is 0 Å². The lowest BCUT2D eigenvalue weighted by atomic mass is 10.1. The number of rotatable bonds is 4. The summed E-state index contributed by atoms with van der Waals surface area (Å²) < 4.78 is 13.4. The van der Waals surface area contributed by atoms with Crippen molar-refractivity contribution in [2.24, 2.45) is 0 Å². The highest BCUT2D eigenvalue weighted by Crippen LogP contribution is 2.29. The highest BCUT2D eigenvalue weighted by Gasteiger charge is 2.15. The zero-order valence-corrected chi connectivity index (χ0v) is 12.4. The Morgan fingerprint density at radius 1 is 1.10 bits per heavy atom. The third-order valence-corrected chi connectivity index (χ3v) is 4.13. The summed E-state index contributed by atoms with van der Waals surface area (Å²) in [5, 5.41) is 3.47. The van der Waals surface area contributed by atoms with E-state index in [0.29, 0.717) is 6.54 Å². The van der Waals surface area contributed by atoms with Crippen LogP contribution in [0, 0.1) is 12.7 Å². The molecule has 0 amide bonds. The number of hydrogen-bond donors (Lipinski definition) is 1. The Balaban J connectivity index is 1.77. The molecule has 21 heavy (non-hydrogen) atoms. The molecule has 0 aromatic heterocycles. The second-order valence-electron chi connectivity index (χ2n) is 5.64. The first-order valence-corrected chi connectivity index (χ1v) is 7.57. The molecule has 110 valence electrons. The second-order valence-corrected chi connectivity index (χ2v) is 5.64. The predicted molar refractivity (Wildman–Crippen MR) is 86.4 cm³/mol. The second kappa shape index (κ2) is 6.17. The quantitative estimate of drug-likeness (QED) is 0.898. The van der Waals surface area contributed by atoms with Gasteiger partial charge in [0.2, 0.25) is 0 Å². The summed E-state index contributed by atoms with van der Waals surface area (Å²) in [7, 11) is 0. The minimum atomic E-state index is -0.176. The minimum absolute atomic E-state index is 0.176. The Bertz CT molecular complexity index is 618. The van der Waals surface area contributed by atoms with Gasteiger partial charge < -0.3 is 10.2 Å². The maximum Gasteiger partial charge on any atom is 0.123 e. The summed E-state index contributed by atoms with van der Waals surface area (Å²) in [6, 6.07) is 13.3. The largest absolute Gasteiger partial charge is 0.379 e. The van der Waals surface area contributed by atoms with Gasteiger partial charge in [0.1, 0.15) is 5.82 Å². The van der Waals surface area contributed by atoms with Crippen molar-refractivity contribution in [3.05, 3.63) is 59.4 Å². The number of anilines is 2. The molecule has 1 heterocycles. The highest BCUT2D eigenvalue weighted by molar-refractivity contribution is 5.70. The molecule has 2 nitrogen and oxygen atoms in total.